The van der Waals surface area contributed by atoms with E-state index in [1.54, 1.807) is 22.2 Å². The molecule has 0 spiro atoms. The molecule has 1 saturated carbocycles. The molecule has 21 heavy (non-hydrogen) atoms. The van der Waals surface area contributed by atoms with E-state index in [4.69, 9.17) is 0 Å². The van der Waals surface area contributed by atoms with Gasteiger partial charge in [0.2, 0.25) is 0 Å². The first-order valence-corrected chi connectivity index (χ1v) is 8.74. The standard InChI is InChI=1S/C15H18BrN3OS/c1-9-3-6-13(21-9)10(2)18-12-7-17-19(8-11-4-5-11)15(20)14(12)16/h3,6-7,10-11,18H,4-5,8H2,1-2H3. The highest BCUT2D eigenvalue weighted by molar-refractivity contribution is 9.10. The van der Waals surface area contributed by atoms with Crippen LogP contribution in [0.3, 0.4) is 0 Å². The van der Waals surface area contributed by atoms with Gasteiger partial charge >= 0.3 is 0 Å². The van der Waals surface area contributed by atoms with Crippen LogP contribution in [-0.4, -0.2) is 9.78 Å². The lowest BCUT2D eigenvalue weighted by Crippen LogP contribution is -2.25. The van der Waals surface area contributed by atoms with Crippen LogP contribution >= 0.6 is 27.3 Å². The van der Waals surface area contributed by atoms with E-state index in [1.165, 1.54) is 22.6 Å². The summed E-state index contributed by atoms with van der Waals surface area (Å²) in [6.07, 6.45) is 4.16. The molecule has 112 valence electrons. The van der Waals surface area contributed by atoms with Crippen LogP contribution in [0.4, 0.5) is 5.69 Å². The third-order valence-electron chi connectivity index (χ3n) is 3.67. The Hall–Kier alpha value is -1.14. The van der Waals surface area contributed by atoms with Gasteiger partial charge in [-0.15, -0.1) is 11.3 Å². The van der Waals surface area contributed by atoms with Gasteiger partial charge in [0.1, 0.15) is 4.47 Å². The molecule has 1 unspecified atom stereocenters. The number of thiophene rings is 1. The van der Waals surface area contributed by atoms with E-state index < -0.39 is 0 Å². The van der Waals surface area contributed by atoms with Crippen molar-refractivity contribution in [2.45, 2.75) is 39.3 Å². The Morgan fingerprint density at radius 3 is 2.90 bits per heavy atom. The van der Waals surface area contributed by atoms with Crippen molar-refractivity contribution in [3.8, 4) is 0 Å². The van der Waals surface area contributed by atoms with Crippen LogP contribution in [0.1, 0.15) is 35.6 Å². The normalized spacial score (nSPS) is 16.0. The number of nitrogens with one attached hydrogen (secondary N) is 1. The molecule has 4 nitrogen and oxygen atoms in total. The molecule has 1 N–H and O–H groups in total. The molecule has 0 aliphatic heterocycles. The fourth-order valence-corrected chi connectivity index (χ4v) is 3.53. The number of hydrogen-bond acceptors (Lipinski definition) is 4. The Balaban J connectivity index is 1.79. The number of anilines is 1. The molecule has 1 atom stereocenters. The minimum atomic E-state index is -0.0542. The fourth-order valence-electron chi connectivity index (χ4n) is 2.23. The summed E-state index contributed by atoms with van der Waals surface area (Å²) in [5, 5.41) is 7.65. The fraction of sp³-hybridized carbons (Fsp3) is 0.467. The summed E-state index contributed by atoms with van der Waals surface area (Å²) < 4.78 is 2.13. The molecular formula is C15H18BrN3OS. The van der Waals surface area contributed by atoms with Crippen molar-refractivity contribution in [3.63, 3.8) is 0 Å². The third kappa shape index (κ3) is 3.37. The van der Waals surface area contributed by atoms with Crippen molar-refractivity contribution in [2.24, 2.45) is 5.92 Å². The van der Waals surface area contributed by atoms with Crippen molar-refractivity contribution in [2.75, 3.05) is 5.32 Å². The average Bonchev–Trinajstić information content (AvgIpc) is 3.17. The molecule has 2 aromatic rings. The molecule has 2 heterocycles. The van der Waals surface area contributed by atoms with Crippen molar-refractivity contribution in [1.29, 1.82) is 0 Å². The molecule has 0 amide bonds. The molecule has 2 aromatic heterocycles. The highest BCUT2D eigenvalue weighted by Crippen LogP contribution is 2.31. The maximum atomic E-state index is 12.3. The summed E-state index contributed by atoms with van der Waals surface area (Å²) in [4.78, 5) is 14.8. The Morgan fingerprint density at radius 1 is 1.52 bits per heavy atom. The van der Waals surface area contributed by atoms with Crippen LogP contribution in [0.25, 0.3) is 0 Å². The summed E-state index contributed by atoms with van der Waals surface area (Å²) in [5.74, 6) is 0.633. The predicted octanol–water partition coefficient (Wildman–Crippen LogP) is 3.96. The predicted molar refractivity (Wildman–Crippen MR) is 90.0 cm³/mol. The molecule has 1 fully saturated rings. The third-order valence-corrected chi connectivity index (χ3v) is 5.62. The van der Waals surface area contributed by atoms with Crippen LogP contribution in [-0.2, 0) is 6.54 Å². The smallest absolute Gasteiger partial charge is 0.283 e. The van der Waals surface area contributed by atoms with Crippen LogP contribution in [0, 0.1) is 12.8 Å². The monoisotopic (exact) mass is 367 g/mol. The van der Waals surface area contributed by atoms with Gasteiger partial charge in [-0.3, -0.25) is 4.79 Å². The lowest BCUT2D eigenvalue weighted by atomic mass is 10.2. The van der Waals surface area contributed by atoms with Gasteiger partial charge in [0.05, 0.1) is 17.9 Å². The minimum absolute atomic E-state index is 0.0542. The molecule has 0 aromatic carbocycles. The quantitative estimate of drug-likeness (QED) is 0.869. The Kier molecular flexibility index (Phi) is 4.17. The van der Waals surface area contributed by atoms with Crippen molar-refractivity contribution in [1.82, 2.24) is 9.78 Å². The van der Waals surface area contributed by atoms with E-state index in [1.807, 2.05) is 0 Å². The second kappa shape index (κ2) is 5.93. The first-order chi connectivity index (χ1) is 10.0. The largest absolute Gasteiger partial charge is 0.375 e. The van der Waals surface area contributed by atoms with Gasteiger partial charge in [0.25, 0.3) is 5.56 Å². The second-order valence-electron chi connectivity index (χ2n) is 5.62. The number of aromatic nitrogens is 2. The first-order valence-electron chi connectivity index (χ1n) is 7.13. The molecular weight excluding hydrogens is 350 g/mol. The number of rotatable bonds is 5. The molecule has 1 aliphatic carbocycles. The average molecular weight is 368 g/mol. The Bertz CT molecular complexity index is 705. The topological polar surface area (TPSA) is 46.9 Å². The van der Waals surface area contributed by atoms with Gasteiger partial charge in [0.15, 0.2) is 0 Å². The van der Waals surface area contributed by atoms with Crippen molar-refractivity contribution in [3.05, 3.63) is 42.9 Å². The number of aryl methyl sites for hydroxylation is 1. The molecule has 0 saturated heterocycles. The van der Waals surface area contributed by atoms with E-state index in [0.29, 0.717) is 10.4 Å². The van der Waals surface area contributed by atoms with E-state index in [9.17, 15) is 4.79 Å². The number of halogens is 1. The maximum absolute atomic E-state index is 12.3. The molecule has 3 rings (SSSR count). The van der Waals surface area contributed by atoms with Crippen LogP contribution < -0.4 is 10.9 Å². The lowest BCUT2D eigenvalue weighted by molar-refractivity contribution is 0.531. The number of hydrogen-bond donors (Lipinski definition) is 1. The zero-order valence-electron chi connectivity index (χ0n) is 12.1. The summed E-state index contributed by atoms with van der Waals surface area (Å²) in [6.45, 7) is 4.92. The zero-order chi connectivity index (χ0) is 15.0. The summed E-state index contributed by atoms with van der Waals surface area (Å²) in [6, 6.07) is 4.38. The van der Waals surface area contributed by atoms with E-state index in [2.05, 4.69) is 52.3 Å². The molecule has 1 aliphatic rings. The summed E-state index contributed by atoms with van der Waals surface area (Å²) in [7, 11) is 0. The van der Waals surface area contributed by atoms with Crippen molar-refractivity contribution >= 4 is 33.0 Å². The van der Waals surface area contributed by atoms with Crippen LogP contribution in [0.2, 0.25) is 0 Å². The Morgan fingerprint density at radius 2 is 2.29 bits per heavy atom. The zero-order valence-corrected chi connectivity index (χ0v) is 14.5. The van der Waals surface area contributed by atoms with Crippen LogP contribution in [0.5, 0.6) is 0 Å². The van der Waals surface area contributed by atoms with Gasteiger partial charge < -0.3 is 5.32 Å². The minimum Gasteiger partial charge on any atom is -0.375 e. The molecule has 0 bridgehead atoms. The van der Waals surface area contributed by atoms with E-state index >= 15 is 0 Å². The van der Waals surface area contributed by atoms with E-state index in [0.717, 1.165) is 12.2 Å². The van der Waals surface area contributed by atoms with Gasteiger partial charge in [-0.2, -0.15) is 5.10 Å². The van der Waals surface area contributed by atoms with Gasteiger partial charge in [-0.1, -0.05) is 0 Å². The first kappa shape index (κ1) is 14.8. The molecule has 0 radical (unpaired) electrons. The highest BCUT2D eigenvalue weighted by atomic mass is 79.9. The van der Waals surface area contributed by atoms with Crippen molar-refractivity contribution < 1.29 is 0 Å². The van der Waals surface area contributed by atoms with Gasteiger partial charge in [-0.25, -0.2) is 4.68 Å². The van der Waals surface area contributed by atoms with Gasteiger partial charge in [-0.05, 0) is 60.7 Å². The maximum Gasteiger partial charge on any atom is 0.283 e. The number of nitrogens with zero attached hydrogens (tertiary/aromatic N) is 2. The second-order valence-corrected chi connectivity index (χ2v) is 7.73. The lowest BCUT2D eigenvalue weighted by Gasteiger charge is -2.15. The summed E-state index contributed by atoms with van der Waals surface area (Å²) in [5.41, 5.74) is 0.701. The van der Waals surface area contributed by atoms with Crippen LogP contribution in [0.15, 0.2) is 27.6 Å². The van der Waals surface area contributed by atoms with Gasteiger partial charge in [0, 0.05) is 16.3 Å². The highest BCUT2D eigenvalue weighted by Gasteiger charge is 2.23. The van der Waals surface area contributed by atoms with E-state index in [-0.39, 0.29) is 11.6 Å². The SMILES string of the molecule is Cc1ccc(C(C)Nc2cnn(CC3CC3)c(=O)c2Br)s1. The molecule has 6 heteroatoms. The Labute approximate surface area is 136 Å². The summed E-state index contributed by atoms with van der Waals surface area (Å²) >= 11 is 5.18.